The summed E-state index contributed by atoms with van der Waals surface area (Å²) in [7, 11) is 0. The summed E-state index contributed by atoms with van der Waals surface area (Å²) in [5, 5.41) is 16.3. The predicted octanol–water partition coefficient (Wildman–Crippen LogP) is -1.48. The molecule has 0 saturated heterocycles. The van der Waals surface area contributed by atoms with Gasteiger partial charge in [0.2, 0.25) is 5.96 Å². The van der Waals surface area contributed by atoms with Gasteiger partial charge in [-0.15, -0.1) is 0 Å². The molecule has 0 bridgehead atoms. The molecule has 0 aromatic carbocycles. The van der Waals surface area contributed by atoms with E-state index >= 15 is 0 Å². The molecule has 5 heteroatoms. The van der Waals surface area contributed by atoms with E-state index in [9.17, 15) is 0 Å². The molecule has 0 aliphatic carbocycles. The summed E-state index contributed by atoms with van der Waals surface area (Å²) >= 11 is 0. The lowest BCUT2D eigenvalue weighted by Gasteiger charge is -2.12. The second kappa shape index (κ2) is 2.89. The number of nitrogens with one attached hydrogen (secondary N) is 3. The molecule has 9 heavy (non-hydrogen) atoms. The molecule has 3 N–H and O–H groups in total. The molecule has 5 nitrogen and oxygen atoms in total. The summed E-state index contributed by atoms with van der Waals surface area (Å²) in [5.74, 6) is 0.538. The zero-order valence-corrected chi connectivity index (χ0v) is 4.81. The van der Waals surface area contributed by atoms with Crippen LogP contribution in [-0.2, 0) is 0 Å². The first-order valence-electron chi connectivity index (χ1n) is 2.57. The van der Waals surface area contributed by atoms with Crippen LogP contribution in [0.1, 0.15) is 0 Å². The Balaban J connectivity index is 2.39. The van der Waals surface area contributed by atoms with E-state index in [1.807, 2.05) is 0 Å². The van der Waals surface area contributed by atoms with Gasteiger partial charge in [-0.3, -0.25) is 10.6 Å². The van der Waals surface area contributed by atoms with Crippen molar-refractivity contribution in [1.29, 1.82) is 5.26 Å². The first-order valence-corrected chi connectivity index (χ1v) is 2.57. The Kier molecular flexibility index (Phi) is 1.88. The quantitative estimate of drug-likeness (QED) is 0.273. The summed E-state index contributed by atoms with van der Waals surface area (Å²) in [5.41, 5.74) is 0. The number of nitrogens with zero attached hydrogens (tertiary/aromatic N) is 2. The molecule has 1 aliphatic heterocycles. The first kappa shape index (κ1) is 5.85. The monoisotopic (exact) mass is 125 g/mol. The molecule has 0 spiro atoms. The van der Waals surface area contributed by atoms with Crippen molar-refractivity contribution in [1.82, 2.24) is 16.0 Å². The highest BCUT2D eigenvalue weighted by Crippen LogP contribution is 1.72. The highest BCUT2D eigenvalue weighted by atomic mass is 15.3. The van der Waals surface area contributed by atoms with Gasteiger partial charge in [-0.05, 0) is 0 Å². The second-order valence-corrected chi connectivity index (χ2v) is 1.51. The second-order valence-electron chi connectivity index (χ2n) is 1.51. The number of hydrogen-bond acceptors (Lipinski definition) is 5. The fourth-order valence-electron chi connectivity index (χ4n) is 0.530. The van der Waals surface area contributed by atoms with E-state index in [1.165, 1.54) is 0 Å². The molecule has 0 atom stereocenters. The summed E-state index contributed by atoms with van der Waals surface area (Å²) in [6.07, 6.45) is 1.77. The third kappa shape index (κ3) is 1.58. The lowest BCUT2D eigenvalue weighted by Crippen LogP contribution is -2.45. The van der Waals surface area contributed by atoms with Crippen molar-refractivity contribution >= 4 is 5.96 Å². The molecular formula is C4H7N5. The maximum absolute atomic E-state index is 8.12. The topological polar surface area (TPSA) is 72.2 Å². The van der Waals surface area contributed by atoms with Crippen molar-refractivity contribution in [2.75, 3.05) is 13.3 Å². The fraction of sp³-hybridized carbons (Fsp3) is 0.500. The minimum absolute atomic E-state index is 0.538. The van der Waals surface area contributed by atoms with Crippen LogP contribution in [0.15, 0.2) is 4.99 Å². The maximum Gasteiger partial charge on any atom is 0.207 e. The molecule has 1 heterocycles. The predicted molar refractivity (Wildman–Crippen MR) is 32.2 cm³/mol. The molecular weight excluding hydrogens is 118 g/mol. The molecule has 0 aromatic heterocycles. The van der Waals surface area contributed by atoms with Crippen LogP contribution in [0.4, 0.5) is 0 Å². The van der Waals surface area contributed by atoms with Crippen molar-refractivity contribution in [2.45, 2.75) is 0 Å². The Morgan fingerprint density at radius 1 is 1.78 bits per heavy atom. The van der Waals surface area contributed by atoms with Gasteiger partial charge >= 0.3 is 0 Å². The number of nitriles is 1. The van der Waals surface area contributed by atoms with Crippen LogP contribution in [0.5, 0.6) is 0 Å². The summed E-state index contributed by atoms with van der Waals surface area (Å²) < 4.78 is 0. The maximum atomic E-state index is 8.12. The Morgan fingerprint density at radius 3 is 3.22 bits per heavy atom. The lowest BCUT2D eigenvalue weighted by molar-refractivity contribution is 0.635. The third-order valence-corrected chi connectivity index (χ3v) is 0.904. The van der Waals surface area contributed by atoms with Crippen molar-refractivity contribution in [2.24, 2.45) is 4.99 Å². The third-order valence-electron chi connectivity index (χ3n) is 0.904. The van der Waals surface area contributed by atoms with Crippen LogP contribution in [0.2, 0.25) is 0 Å². The summed E-state index contributed by atoms with van der Waals surface area (Å²) in [6, 6.07) is 0. The minimum atomic E-state index is 0.538. The highest BCUT2D eigenvalue weighted by Gasteiger charge is 1.98. The van der Waals surface area contributed by atoms with Gasteiger partial charge in [-0.2, -0.15) is 5.26 Å². The average Bonchev–Trinajstić information content (AvgIpc) is 1.91. The molecule has 0 saturated carbocycles. The van der Waals surface area contributed by atoms with Crippen molar-refractivity contribution < 1.29 is 0 Å². The van der Waals surface area contributed by atoms with Crippen molar-refractivity contribution in [3.8, 4) is 6.19 Å². The standard InChI is InChI=1S/C4H7N5/c5-1-7-4-8-2-6-3-9-4/h6H,2-3H2,(H2,7,8,9). The Labute approximate surface area is 52.8 Å². The van der Waals surface area contributed by atoms with Gasteiger partial charge in [0.05, 0.1) is 13.3 Å². The van der Waals surface area contributed by atoms with Gasteiger partial charge < -0.3 is 5.32 Å². The normalized spacial score (nSPS) is 17.0. The Hall–Kier alpha value is -1.28. The van der Waals surface area contributed by atoms with E-state index in [0.717, 1.165) is 0 Å². The van der Waals surface area contributed by atoms with Gasteiger partial charge in [-0.25, -0.2) is 4.99 Å². The molecule has 0 aromatic rings. The molecule has 1 aliphatic rings. The van der Waals surface area contributed by atoms with Crippen LogP contribution in [0.3, 0.4) is 0 Å². The molecule has 0 fully saturated rings. The first-order chi connectivity index (χ1) is 4.43. The number of hydrogen-bond donors (Lipinski definition) is 3. The molecule has 0 radical (unpaired) electrons. The summed E-state index contributed by atoms with van der Waals surface area (Å²) in [6.45, 7) is 1.23. The molecule has 48 valence electrons. The van der Waals surface area contributed by atoms with E-state index in [4.69, 9.17) is 5.26 Å². The van der Waals surface area contributed by atoms with Gasteiger partial charge in [0.15, 0.2) is 6.19 Å². The van der Waals surface area contributed by atoms with Crippen LogP contribution >= 0.6 is 0 Å². The van der Waals surface area contributed by atoms with E-state index < -0.39 is 0 Å². The van der Waals surface area contributed by atoms with Gasteiger partial charge in [-0.1, -0.05) is 0 Å². The minimum Gasteiger partial charge on any atom is -0.343 e. The van der Waals surface area contributed by atoms with Crippen molar-refractivity contribution in [3.63, 3.8) is 0 Å². The highest BCUT2D eigenvalue weighted by molar-refractivity contribution is 5.81. The van der Waals surface area contributed by atoms with E-state index in [0.29, 0.717) is 19.3 Å². The summed E-state index contributed by atoms with van der Waals surface area (Å²) in [4.78, 5) is 3.88. The zero-order chi connectivity index (χ0) is 6.53. The van der Waals surface area contributed by atoms with E-state index in [1.54, 1.807) is 6.19 Å². The molecule has 1 rings (SSSR count). The number of aliphatic imine (C=N–C) groups is 1. The van der Waals surface area contributed by atoms with Gasteiger partial charge in [0.1, 0.15) is 0 Å². The van der Waals surface area contributed by atoms with Crippen LogP contribution in [-0.4, -0.2) is 19.3 Å². The molecule has 0 amide bonds. The smallest absolute Gasteiger partial charge is 0.207 e. The largest absolute Gasteiger partial charge is 0.343 e. The van der Waals surface area contributed by atoms with Crippen LogP contribution in [0, 0.1) is 11.5 Å². The Bertz CT molecular complexity index is 155. The molecule has 0 unspecified atom stereocenters. The van der Waals surface area contributed by atoms with Crippen molar-refractivity contribution in [3.05, 3.63) is 0 Å². The Morgan fingerprint density at radius 2 is 2.67 bits per heavy atom. The number of guanidine groups is 1. The van der Waals surface area contributed by atoms with E-state index in [2.05, 4.69) is 20.9 Å². The van der Waals surface area contributed by atoms with Crippen LogP contribution < -0.4 is 16.0 Å². The van der Waals surface area contributed by atoms with E-state index in [-0.39, 0.29) is 0 Å². The fourth-order valence-corrected chi connectivity index (χ4v) is 0.530. The lowest BCUT2D eigenvalue weighted by atomic mass is 10.7. The van der Waals surface area contributed by atoms with Crippen LogP contribution in [0.25, 0.3) is 0 Å². The van der Waals surface area contributed by atoms with Gasteiger partial charge in [0.25, 0.3) is 0 Å². The number of rotatable bonds is 0. The average molecular weight is 125 g/mol. The SMILES string of the molecule is N#CNC1=NCNCN1. The van der Waals surface area contributed by atoms with Gasteiger partial charge in [0, 0.05) is 0 Å². The zero-order valence-electron chi connectivity index (χ0n) is 4.81.